The zero-order valence-electron chi connectivity index (χ0n) is 11.3. The van der Waals surface area contributed by atoms with Crippen molar-refractivity contribution in [2.45, 2.75) is 18.9 Å². The maximum absolute atomic E-state index is 9.99. The van der Waals surface area contributed by atoms with Crippen LogP contribution in [0.4, 0.5) is 0 Å². The zero-order valence-corrected chi connectivity index (χ0v) is 11.3. The molecule has 8 nitrogen and oxygen atoms in total. The summed E-state index contributed by atoms with van der Waals surface area (Å²) in [5.41, 5.74) is 5.00. The molecule has 0 aliphatic heterocycles. The Bertz CT molecular complexity index is 432. The summed E-state index contributed by atoms with van der Waals surface area (Å²) in [5.74, 6) is -2.20. The van der Waals surface area contributed by atoms with Crippen LogP contribution >= 0.6 is 0 Å². The van der Waals surface area contributed by atoms with Crippen molar-refractivity contribution in [1.29, 1.82) is 0 Å². The molecule has 0 aliphatic rings. The number of hydrogen-bond acceptors (Lipinski definition) is 5. The predicted molar refractivity (Wildman–Crippen MR) is 75.3 cm³/mol. The quantitative estimate of drug-likeness (QED) is 0.651. The van der Waals surface area contributed by atoms with Crippen LogP contribution in [0, 0.1) is 0 Å². The van der Waals surface area contributed by atoms with E-state index in [1.54, 1.807) is 18.5 Å². The molecule has 5 N–H and O–H groups in total. The average molecular weight is 294 g/mol. The van der Waals surface area contributed by atoms with Gasteiger partial charge in [0.05, 0.1) is 0 Å². The number of hydrogen-bond donors (Lipinski definition) is 4. The lowest BCUT2D eigenvalue weighted by Crippen LogP contribution is -2.30. The number of nitrogens with two attached hydrogens (primary N) is 1. The number of nitrogens with zero attached hydrogens (tertiary/aromatic N) is 2. The van der Waals surface area contributed by atoms with Gasteiger partial charge in [-0.2, -0.15) is 0 Å². The first kappa shape index (κ1) is 18.3. The number of aromatic amines is 1. The van der Waals surface area contributed by atoms with Crippen LogP contribution in [-0.4, -0.2) is 43.1 Å². The van der Waals surface area contributed by atoms with Crippen molar-refractivity contribution >= 4 is 11.9 Å². The Morgan fingerprint density at radius 3 is 1.90 bits per heavy atom. The minimum absolute atomic E-state index is 0.0231. The molecule has 21 heavy (non-hydrogen) atoms. The highest BCUT2D eigenvalue weighted by Crippen LogP contribution is 1.93. The lowest BCUT2D eigenvalue weighted by molar-refractivity contribution is -0.139. The van der Waals surface area contributed by atoms with Crippen LogP contribution in [0.5, 0.6) is 0 Å². The van der Waals surface area contributed by atoms with Crippen LogP contribution in [0.3, 0.4) is 0 Å². The third-order valence-electron chi connectivity index (χ3n) is 1.96. The van der Waals surface area contributed by atoms with Gasteiger partial charge < -0.3 is 20.9 Å². The molecule has 114 valence electrons. The molecule has 2 aromatic heterocycles. The Morgan fingerprint density at radius 2 is 1.67 bits per heavy atom. The maximum atomic E-state index is 9.99. The summed E-state index contributed by atoms with van der Waals surface area (Å²) in [5, 5.41) is 16.3. The largest absolute Gasteiger partial charge is 0.481 e. The van der Waals surface area contributed by atoms with Gasteiger partial charge in [-0.25, -0.2) is 9.97 Å². The second-order valence-electron chi connectivity index (χ2n) is 3.67. The van der Waals surface area contributed by atoms with Gasteiger partial charge in [-0.15, -0.1) is 0 Å². The first-order chi connectivity index (χ1) is 10.0. The fourth-order valence-corrected chi connectivity index (χ4v) is 0.934. The summed E-state index contributed by atoms with van der Waals surface area (Å²) < 4.78 is 0. The molecule has 0 amide bonds. The Morgan fingerprint density at radius 1 is 1.10 bits per heavy atom. The topological polar surface area (TPSA) is 142 Å². The van der Waals surface area contributed by atoms with Crippen molar-refractivity contribution in [1.82, 2.24) is 15.0 Å². The lowest BCUT2D eigenvalue weighted by Gasteiger charge is -2.01. The summed E-state index contributed by atoms with van der Waals surface area (Å²) in [6.45, 7) is 0. The first-order valence-electron chi connectivity index (χ1n) is 6.02. The van der Waals surface area contributed by atoms with Crippen molar-refractivity contribution in [2.24, 2.45) is 5.73 Å². The Balaban J connectivity index is 0.000000306. The van der Waals surface area contributed by atoms with Crippen LogP contribution in [0.1, 0.15) is 12.8 Å². The molecule has 0 aromatic carbocycles. The van der Waals surface area contributed by atoms with E-state index >= 15 is 0 Å². The van der Waals surface area contributed by atoms with E-state index in [9.17, 15) is 9.59 Å². The third-order valence-corrected chi connectivity index (χ3v) is 1.96. The van der Waals surface area contributed by atoms with Crippen molar-refractivity contribution in [3.8, 4) is 0 Å². The van der Waals surface area contributed by atoms with E-state index in [1.807, 2.05) is 24.5 Å². The van der Waals surface area contributed by atoms with Crippen LogP contribution < -0.4 is 5.73 Å². The number of aliphatic carboxylic acids is 2. The minimum Gasteiger partial charge on any atom is -0.481 e. The van der Waals surface area contributed by atoms with Gasteiger partial charge in [-0.3, -0.25) is 9.59 Å². The highest BCUT2D eigenvalue weighted by molar-refractivity contribution is 5.74. The van der Waals surface area contributed by atoms with Crippen molar-refractivity contribution < 1.29 is 19.8 Å². The standard InChI is InChI=1S/C5H9NO4.C4H4N2.C4H5N/c6-3(5(9)10)1-2-4(7)8;1-2-5-4-6-3-1;1-2-4-5-3-1/h3H,1-2,6H2,(H,7,8)(H,9,10);1-4H;1-5H/t3-;;/m0../s1. The van der Waals surface area contributed by atoms with Gasteiger partial charge in [-0.05, 0) is 24.6 Å². The number of rotatable bonds is 4. The van der Waals surface area contributed by atoms with Crippen LogP contribution in [0.15, 0.2) is 49.3 Å². The fraction of sp³-hybridized carbons (Fsp3) is 0.231. The Hall–Kier alpha value is -2.74. The summed E-state index contributed by atoms with van der Waals surface area (Å²) in [6, 6.07) is 4.61. The average Bonchev–Trinajstić information content (AvgIpc) is 3.06. The maximum Gasteiger partial charge on any atom is 0.320 e. The molecule has 0 unspecified atom stereocenters. The van der Waals surface area contributed by atoms with E-state index in [4.69, 9.17) is 15.9 Å². The van der Waals surface area contributed by atoms with E-state index in [0.717, 1.165) is 0 Å². The highest BCUT2D eigenvalue weighted by atomic mass is 16.4. The molecular formula is C13H18N4O4. The van der Waals surface area contributed by atoms with Gasteiger partial charge >= 0.3 is 11.9 Å². The predicted octanol–water partition coefficient (Wildman–Crippen LogP) is 0.754. The zero-order chi connectivity index (χ0) is 15.9. The molecule has 0 fully saturated rings. The summed E-state index contributed by atoms with van der Waals surface area (Å²) in [4.78, 5) is 30.1. The van der Waals surface area contributed by atoms with Crippen LogP contribution in [0.2, 0.25) is 0 Å². The molecule has 0 aliphatic carbocycles. The lowest BCUT2D eigenvalue weighted by atomic mass is 10.2. The second-order valence-corrected chi connectivity index (χ2v) is 3.67. The molecule has 0 bridgehead atoms. The van der Waals surface area contributed by atoms with Gasteiger partial charge in [0.1, 0.15) is 12.4 Å². The second kappa shape index (κ2) is 12.3. The normalized spacial score (nSPS) is 10.1. The number of H-pyrrole nitrogens is 1. The van der Waals surface area contributed by atoms with E-state index in [-0.39, 0.29) is 12.8 Å². The molecule has 0 radical (unpaired) electrons. The van der Waals surface area contributed by atoms with E-state index < -0.39 is 18.0 Å². The van der Waals surface area contributed by atoms with Crippen molar-refractivity contribution in [3.05, 3.63) is 49.3 Å². The molecule has 1 atom stereocenters. The smallest absolute Gasteiger partial charge is 0.320 e. The molecule has 2 heterocycles. The van der Waals surface area contributed by atoms with E-state index in [1.165, 1.54) is 6.33 Å². The first-order valence-corrected chi connectivity index (χ1v) is 6.02. The number of carboxylic acids is 2. The van der Waals surface area contributed by atoms with Gasteiger partial charge in [-0.1, -0.05) is 0 Å². The highest BCUT2D eigenvalue weighted by Gasteiger charge is 2.12. The molecular weight excluding hydrogens is 276 g/mol. The monoisotopic (exact) mass is 294 g/mol. The van der Waals surface area contributed by atoms with Crippen LogP contribution in [-0.2, 0) is 9.59 Å². The van der Waals surface area contributed by atoms with E-state index in [0.29, 0.717) is 0 Å². The van der Waals surface area contributed by atoms with Gasteiger partial charge in [0.25, 0.3) is 0 Å². The molecule has 0 saturated heterocycles. The van der Waals surface area contributed by atoms with Crippen molar-refractivity contribution in [2.75, 3.05) is 0 Å². The number of aromatic nitrogens is 3. The summed E-state index contributed by atoms with van der Waals surface area (Å²) in [6.07, 6.45) is 8.40. The number of carboxylic acid groups (broad SMARTS) is 2. The SMILES string of the molecule is N[C@@H](CCC(=O)O)C(=O)O.c1cc[nH]c1.c1cncnc1. The van der Waals surface area contributed by atoms with Crippen molar-refractivity contribution in [3.63, 3.8) is 0 Å². The Labute approximate surface area is 121 Å². The molecule has 2 aromatic rings. The number of nitrogens with one attached hydrogen (secondary N) is 1. The summed E-state index contributed by atoms with van der Waals surface area (Å²) >= 11 is 0. The van der Waals surface area contributed by atoms with E-state index in [2.05, 4.69) is 15.0 Å². The minimum atomic E-state index is -1.17. The van der Waals surface area contributed by atoms with Gasteiger partial charge in [0.2, 0.25) is 0 Å². The molecule has 8 heteroatoms. The number of carbonyl (C=O) groups is 2. The van der Waals surface area contributed by atoms with Gasteiger partial charge in [0, 0.05) is 31.2 Å². The van der Waals surface area contributed by atoms with Crippen LogP contribution in [0.25, 0.3) is 0 Å². The fourth-order valence-electron chi connectivity index (χ4n) is 0.934. The molecule has 0 spiro atoms. The van der Waals surface area contributed by atoms with Gasteiger partial charge in [0.15, 0.2) is 0 Å². The summed E-state index contributed by atoms with van der Waals surface area (Å²) in [7, 11) is 0. The Kier molecular flexibility index (Phi) is 10.7. The third kappa shape index (κ3) is 13.5. The molecule has 2 rings (SSSR count). The molecule has 0 saturated carbocycles.